The Balaban J connectivity index is 1.30. The molecule has 2 heterocycles. The molecule has 1 saturated heterocycles. The maximum absolute atomic E-state index is 13.1. The molecule has 1 aliphatic heterocycles. The molecule has 11 nitrogen and oxygen atoms in total. The van der Waals surface area contributed by atoms with E-state index >= 15 is 0 Å². The number of unbranched alkanes of at least 4 members (excludes halogenated alkanes) is 1. The number of nitrogens with one attached hydrogen (secondary N) is 1. The summed E-state index contributed by atoms with van der Waals surface area (Å²) in [5.74, 6) is 0.449. The van der Waals surface area contributed by atoms with Crippen LogP contribution in [0.15, 0.2) is 83.1 Å². The number of hydrogen-bond acceptors (Lipinski definition) is 7. The molecule has 1 aromatic heterocycles. The average molecular weight is 655 g/mol. The summed E-state index contributed by atoms with van der Waals surface area (Å²) in [7, 11) is 2.04. The largest absolute Gasteiger partial charge is 0.456 e. The van der Waals surface area contributed by atoms with Gasteiger partial charge in [0, 0.05) is 50.3 Å². The summed E-state index contributed by atoms with van der Waals surface area (Å²) in [6.07, 6.45) is 2.67. The van der Waals surface area contributed by atoms with Gasteiger partial charge >= 0.3 is 5.97 Å². The Morgan fingerprint density at radius 1 is 0.979 bits per heavy atom. The minimum Gasteiger partial charge on any atom is -0.456 e. The molecule has 0 radical (unpaired) electrons. The van der Waals surface area contributed by atoms with Crippen LogP contribution < -0.4 is 5.73 Å². The first kappa shape index (κ1) is 33.5. The second kappa shape index (κ2) is 15.6. The van der Waals surface area contributed by atoms with Crippen molar-refractivity contribution >= 4 is 29.3 Å². The quantitative estimate of drug-likeness (QED) is 0.0632. The van der Waals surface area contributed by atoms with E-state index in [1.807, 2.05) is 65.0 Å². The van der Waals surface area contributed by atoms with Crippen LogP contribution >= 0.6 is 11.6 Å². The summed E-state index contributed by atoms with van der Waals surface area (Å²) in [4.78, 5) is 34.6. The van der Waals surface area contributed by atoms with Crippen LogP contribution in [0.4, 0.5) is 0 Å². The Bertz CT molecular complexity index is 1740. The number of ether oxygens (including phenoxy) is 1. The van der Waals surface area contributed by atoms with E-state index in [9.17, 15) is 9.59 Å². The molecule has 1 fully saturated rings. The molecule has 244 valence electrons. The lowest BCUT2D eigenvalue weighted by Crippen LogP contribution is -2.47. The first-order chi connectivity index (χ1) is 22.8. The number of nitrogens with two attached hydrogens (primary N) is 1. The molecule has 1 aliphatic rings. The molecule has 3 aromatic carbocycles. The second-order valence-electron chi connectivity index (χ2n) is 11.5. The van der Waals surface area contributed by atoms with Crippen molar-refractivity contribution in [3.05, 3.63) is 112 Å². The van der Waals surface area contributed by atoms with Gasteiger partial charge in [-0.25, -0.2) is 9.78 Å². The van der Waals surface area contributed by atoms with Crippen LogP contribution in [-0.4, -0.2) is 70.3 Å². The fourth-order valence-corrected chi connectivity index (χ4v) is 5.81. The molecule has 1 amide bonds. The van der Waals surface area contributed by atoms with Gasteiger partial charge in [-0.3, -0.25) is 4.79 Å². The molecule has 0 spiro atoms. The van der Waals surface area contributed by atoms with Gasteiger partial charge in [-0.1, -0.05) is 78.7 Å². The van der Waals surface area contributed by atoms with Crippen molar-refractivity contribution < 1.29 is 14.3 Å². The number of hydrogen-bond donors (Lipinski definition) is 2. The minimum absolute atomic E-state index is 0.0383. The monoisotopic (exact) mass is 654 g/mol. The lowest BCUT2D eigenvalue weighted by molar-refractivity contribution is 0.0463. The topological polar surface area (TPSA) is 142 Å². The highest BCUT2D eigenvalue weighted by Gasteiger charge is 2.22. The van der Waals surface area contributed by atoms with Crippen LogP contribution in [0.25, 0.3) is 11.1 Å². The number of imidazole rings is 1. The molecule has 0 aliphatic carbocycles. The zero-order valence-corrected chi connectivity index (χ0v) is 27.4. The molecular formula is C35H39ClN8O3. The number of benzene rings is 3. The predicted molar refractivity (Wildman–Crippen MR) is 182 cm³/mol. The zero-order chi connectivity index (χ0) is 33.3. The molecular weight excluding hydrogens is 616 g/mol. The molecule has 0 atom stereocenters. The van der Waals surface area contributed by atoms with Gasteiger partial charge in [-0.15, -0.1) is 5.10 Å². The fourth-order valence-electron chi connectivity index (χ4n) is 5.55. The number of rotatable bonds is 12. The van der Waals surface area contributed by atoms with Gasteiger partial charge in [-0.2, -0.15) is 5.53 Å². The Hall–Kier alpha value is -4.87. The highest BCUT2D eigenvalue weighted by atomic mass is 35.5. The molecule has 47 heavy (non-hydrogen) atoms. The number of nitrogens with zero attached hydrogens (tertiary/aromatic N) is 6. The predicted octanol–water partition coefficient (Wildman–Crippen LogP) is 5.99. The number of halogens is 1. The summed E-state index contributed by atoms with van der Waals surface area (Å²) in [6.45, 7) is 5.59. The van der Waals surface area contributed by atoms with E-state index < -0.39 is 5.97 Å². The number of amides is 1. The Morgan fingerprint density at radius 2 is 1.66 bits per heavy atom. The fraction of sp³-hybridized carbons (Fsp3) is 0.314. The summed E-state index contributed by atoms with van der Waals surface area (Å²) >= 11 is 6.63. The number of esters is 1. The van der Waals surface area contributed by atoms with E-state index in [1.54, 1.807) is 24.3 Å². The van der Waals surface area contributed by atoms with E-state index in [1.165, 1.54) is 0 Å². The summed E-state index contributed by atoms with van der Waals surface area (Å²) < 4.78 is 7.74. The number of carbonyl (C=O) groups excluding carboxylic acids is 2. The van der Waals surface area contributed by atoms with Crippen molar-refractivity contribution in [2.75, 3.05) is 33.2 Å². The first-order valence-electron chi connectivity index (χ1n) is 15.7. The van der Waals surface area contributed by atoms with Crippen molar-refractivity contribution in [1.82, 2.24) is 19.4 Å². The van der Waals surface area contributed by atoms with Crippen molar-refractivity contribution in [3.63, 3.8) is 0 Å². The third-order valence-electron chi connectivity index (χ3n) is 8.32. The molecule has 5 rings (SSSR count). The minimum atomic E-state index is -0.508. The number of piperazine rings is 1. The SMILES string of the molecule is CCCCc1nc(Cl)c(COC(=O)c2ccc(C(=O)N3CCN(C)CC3)cc2)n1Cc1ccc(-c2ccccc2C(N)=NN=N)cc1. The number of carbonyl (C=O) groups is 2. The van der Waals surface area contributed by atoms with Crippen LogP contribution in [0.5, 0.6) is 0 Å². The van der Waals surface area contributed by atoms with E-state index in [4.69, 9.17) is 27.6 Å². The number of amidine groups is 1. The van der Waals surface area contributed by atoms with Crippen molar-refractivity contribution in [3.8, 4) is 11.1 Å². The first-order valence-corrected chi connectivity index (χ1v) is 16.0. The van der Waals surface area contributed by atoms with Crippen LogP contribution in [0.2, 0.25) is 5.15 Å². The third kappa shape index (κ3) is 8.11. The maximum atomic E-state index is 13.1. The second-order valence-corrected chi connectivity index (χ2v) is 11.9. The molecule has 4 aromatic rings. The molecule has 12 heteroatoms. The van der Waals surface area contributed by atoms with E-state index in [2.05, 4.69) is 27.1 Å². The maximum Gasteiger partial charge on any atom is 0.338 e. The summed E-state index contributed by atoms with van der Waals surface area (Å²) in [6, 6.07) is 22.2. The lowest BCUT2D eigenvalue weighted by atomic mass is 9.98. The normalized spacial score (nSPS) is 13.9. The molecule has 0 unspecified atom stereocenters. The Morgan fingerprint density at radius 3 is 2.34 bits per heavy atom. The van der Waals surface area contributed by atoms with E-state index in [-0.39, 0.29) is 18.3 Å². The Kier molecular flexibility index (Phi) is 11.1. The van der Waals surface area contributed by atoms with Gasteiger partial charge in [0.1, 0.15) is 12.4 Å². The molecule has 3 N–H and O–H groups in total. The summed E-state index contributed by atoms with van der Waals surface area (Å²) in [5, 5.41) is 7.06. The molecule has 0 saturated carbocycles. The van der Waals surface area contributed by atoms with Crippen LogP contribution in [-0.2, 0) is 24.3 Å². The molecule has 0 bridgehead atoms. The standard InChI is InChI=1S/C35H39ClN8O3/c1-3-4-9-31-39-32(36)30(23-47-35(46)27-16-14-26(15-17-27)34(45)43-20-18-42(2)19-21-43)44(31)22-24-10-12-25(13-11-24)28-7-5-6-8-29(28)33(37)40-41-38/h5-8,10-17H,3-4,9,18-23H2,1-2H3,(H3,37,38,40). The number of likely N-dealkylation sites (N-methyl/N-ethyl adjacent to an activating group) is 1. The van der Waals surface area contributed by atoms with Crippen LogP contribution in [0.3, 0.4) is 0 Å². The smallest absolute Gasteiger partial charge is 0.338 e. The van der Waals surface area contributed by atoms with E-state index in [0.717, 1.165) is 54.9 Å². The third-order valence-corrected chi connectivity index (χ3v) is 8.62. The summed E-state index contributed by atoms with van der Waals surface area (Å²) in [5.41, 5.74) is 18.1. The van der Waals surface area contributed by atoms with Gasteiger partial charge in [0.25, 0.3) is 5.91 Å². The number of aromatic nitrogens is 2. The van der Waals surface area contributed by atoms with Gasteiger partial charge in [0.05, 0.1) is 11.3 Å². The zero-order valence-electron chi connectivity index (χ0n) is 26.7. The van der Waals surface area contributed by atoms with Gasteiger partial charge in [0.15, 0.2) is 11.0 Å². The van der Waals surface area contributed by atoms with Crippen LogP contribution in [0.1, 0.15) is 63.1 Å². The van der Waals surface area contributed by atoms with Crippen molar-refractivity contribution in [2.24, 2.45) is 16.1 Å². The van der Waals surface area contributed by atoms with Gasteiger partial charge in [0.2, 0.25) is 0 Å². The van der Waals surface area contributed by atoms with E-state index in [0.29, 0.717) is 47.2 Å². The number of aryl methyl sites for hydroxylation is 1. The van der Waals surface area contributed by atoms with Crippen LogP contribution in [0, 0.1) is 5.53 Å². The van der Waals surface area contributed by atoms with Gasteiger partial charge < -0.3 is 24.8 Å². The van der Waals surface area contributed by atoms with Crippen molar-refractivity contribution in [1.29, 1.82) is 5.53 Å². The Labute approximate surface area is 279 Å². The average Bonchev–Trinajstić information content (AvgIpc) is 3.39. The van der Waals surface area contributed by atoms with Crippen molar-refractivity contribution in [2.45, 2.75) is 39.3 Å². The van der Waals surface area contributed by atoms with Gasteiger partial charge in [-0.05, 0) is 54.4 Å². The highest BCUT2D eigenvalue weighted by molar-refractivity contribution is 6.30. The lowest BCUT2D eigenvalue weighted by Gasteiger charge is -2.32. The highest BCUT2D eigenvalue weighted by Crippen LogP contribution is 2.26.